The highest BCUT2D eigenvalue weighted by Gasteiger charge is 2.24. The van der Waals surface area contributed by atoms with Gasteiger partial charge in [0.25, 0.3) is 11.8 Å². The molecule has 0 saturated carbocycles. The van der Waals surface area contributed by atoms with E-state index in [9.17, 15) is 19.8 Å². The minimum Gasteiger partial charge on any atom is -0.508 e. The number of aromatic hydroxyl groups is 1. The number of amides is 2. The predicted molar refractivity (Wildman–Crippen MR) is 161 cm³/mol. The second-order valence-electron chi connectivity index (χ2n) is 10.4. The van der Waals surface area contributed by atoms with Crippen LogP contribution in [0.25, 0.3) is 0 Å². The van der Waals surface area contributed by atoms with E-state index in [0.29, 0.717) is 37.2 Å². The number of phenolic OH excluding ortho intramolecular Hbond substituents is 1. The van der Waals surface area contributed by atoms with E-state index in [0.717, 1.165) is 35.3 Å². The van der Waals surface area contributed by atoms with Gasteiger partial charge in [-0.1, -0.05) is 38.1 Å². The Morgan fingerprint density at radius 1 is 0.927 bits per heavy atom. The zero-order chi connectivity index (χ0) is 29.8. The zero-order valence-corrected chi connectivity index (χ0v) is 24.5. The summed E-state index contributed by atoms with van der Waals surface area (Å²) in [6.45, 7) is 8.01. The summed E-state index contributed by atoms with van der Waals surface area (Å²) in [7, 11) is 1.62. The number of nitrogens with one attached hydrogen (secondary N) is 2. The standard InChI is InChI=1S/C33H43N3O5/c1-5-14-36(15-6-2)33(40)27-17-23(3)16-26(20-27)32(39)35-30(19-24-10-12-28(37)13-11-24)31(38)22-34-21-25-8-7-9-29(18-25)41-4/h7-13,16-18,20,30-31,34,37-38H,5-6,14-15,19,21-22H2,1-4H3,(H,35,39)/t30-,31+/m0/s1. The Kier molecular flexibility index (Phi) is 12.2. The molecule has 8 heteroatoms. The maximum atomic E-state index is 13.5. The summed E-state index contributed by atoms with van der Waals surface area (Å²) in [4.78, 5) is 28.6. The molecule has 220 valence electrons. The molecule has 0 aliphatic heterocycles. The normalized spacial score (nSPS) is 12.4. The fraction of sp³-hybridized carbons (Fsp3) is 0.394. The maximum Gasteiger partial charge on any atom is 0.253 e. The van der Waals surface area contributed by atoms with Crippen molar-refractivity contribution in [3.05, 3.63) is 94.5 Å². The van der Waals surface area contributed by atoms with E-state index < -0.39 is 12.1 Å². The third kappa shape index (κ3) is 9.62. The van der Waals surface area contributed by atoms with Crippen molar-refractivity contribution in [2.75, 3.05) is 26.7 Å². The number of benzene rings is 3. The average Bonchev–Trinajstić information content (AvgIpc) is 2.97. The Bertz CT molecular complexity index is 1270. The van der Waals surface area contributed by atoms with Crippen LogP contribution in [-0.2, 0) is 13.0 Å². The Balaban J connectivity index is 1.77. The van der Waals surface area contributed by atoms with Crippen molar-refractivity contribution in [2.45, 2.75) is 58.7 Å². The van der Waals surface area contributed by atoms with Gasteiger partial charge in [0.2, 0.25) is 0 Å². The number of rotatable bonds is 15. The van der Waals surface area contributed by atoms with Gasteiger partial charge in [0.1, 0.15) is 11.5 Å². The molecule has 0 heterocycles. The van der Waals surface area contributed by atoms with Crippen molar-refractivity contribution in [3.8, 4) is 11.5 Å². The molecule has 3 rings (SSSR count). The molecule has 2 amide bonds. The number of ether oxygens (including phenoxy) is 1. The second kappa shape index (κ2) is 15.8. The fourth-order valence-electron chi connectivity index (χ4n) is 4.78. The molecule has 0 saturated heterocycles. The first-order valence-corrected chi connectivity index (χ1v) is 14.3. The number of hydrogen-bond donors (Lipinski definition) is 4. The Hall–Kier alpha value is -3.88. The highest BCUT2D eigenvalue weighted by molar-refractivity contribution is 6.00. The molecule has 0 radical (unpaired) electrons. The van der Waals surface area contributed by atoms with Gasteiger partial charge in [0, 0.05) is 37.3 Å². The summed E-state index contributed by atoms with van der Waals surface area (Å²) in [5.74, 6) is 0.447. The number of methoxy groups -OCH3 is 1. The van der Waals surface area contributed by atoms with Gasteiger partial charge in [-0.2, -0.15) is 0 Å². The number of nitrogens with zero attached hydrogens (tertiary/aromatic N) is 1. The number of carbonyl (C=O) groups excluding carboxylic acids is 2. The molecule has 3 aromatic rings. The van der Waals surface area contributed by atoms with Crippen molar-refractivity contribution in [3.63, 3.8) is 0 Å². The maximum absolute atomic E-state index is 13.5. The van der Waals surface area contributed by atoms with Crippen LogP contribution in [0.5, 0.6) is 11.5 Å². The largest absolute Gasteiger partial charge is 0.508 e. The topological polar surface area (TPSA) is 111 Å². The lowest BCUT2D eigenvalue weighted by Crippen LogP contribution is -2.48. The SMILES string of the molecule is CCCN(CCC)C(=O)c1cc(C)cc(C(=O)N[C@@H](Cc2ccc(O)cc2)[C@H](O)CNCc2cccc(OC)c2)c1. The smallest absolute Gasteiger partial charge is 0.253 e. The Labute approximate surface area is 243 Å². The molecule has 0 unspecified atom stereocenters. The minimum atomic E-state index is -0.908. The van der Waals surface area contributed by atoms with E-state index in [4.69, 9.17) is 4.74 Å². The van der Waals surface area contributed by atoms with E-state index in [1.54, 1.807) is 43.5 Å². The minimum absolute atomic E-state index is 0.0890. The lowest BCUT2D eigenvalue weighted by atomic mass is 9.99. The van der Waals surface area contributed by atoms with Gasteiger partial charge in [-0.25, -0.2) is 0 Å². The first-order valence-electron chi connectivity index (χ1n) is 14.3. The molecule has 0 spiro atoms. The van der Waals surface area contributed by atoms with Crippen molar-refractivity contribution in [2.24, 2.45) is 0 Å². The van der Waals surface area contributed by atoms with E-state index in [2.05, 4.69) is 10.6 Å². The van der Waals surface area contributed by atoms with Crippen LogP contribution in [0.3, 0.4) is 0 Å². The number of hydrogen-bond acceptors (Lipinski definition) is 6. The Morgan fingerprint density at radius 2 is 1.61 bits per heavy atom. The molecule has 0 aliphatic carbocycles. The third-order valence-corrected chi connectivity index (χ3v) is 6.85. The van der Waals surface area contributed by atoms with Gasteiger partial charge in [-0.05, 0) is 85.3 Å². The molecule has 0 fully saturated rings. The highest BCUT2D eigenvalue weighted by Crippen LogP contribution is 2.17. The van der Waals surface area contributed by atoms with Gasteiger partial charge >= 0.3 is 0 Å². The van der Waals surface area contributed by atoms with E-state index in [1.165, 1.54) is 0 Å². The highest BCUT2D eigenvalue weighted by atomic mass is 16.5. The Morgan fingerprint density at radius 3 is 2.27 bits per heavy atom. The van der Waals surface area contributed by atoms with Gasteiger partial charge in [-0.15, -0.1) is 0 Å². The molecule has 0 aromatic heterocycles. The summed E-state index contributed by atoms with van der Waals surface area (Å²) in [5, 5.41) is 27.1. The molecular formula is C33H43N3O5. The van der Waals surface area contributed by atoms with Gasteiger partial charge < -0.3 is 30.5 Å². The molecule has 8 nitrogen and oxygen atoms in total. The number of carbonyl (C=O) groups is 2. The monoisotopic (exact) mass is 561 g/mol. The van der Waals surface area contributed by atoms with Crippen molar-refractivity contribution >= 4 is 11.8 Å². The predicted octanol–water partition coefficient (Wildman–Crippen LogP) is 4.46. The van der Waals surface area contributed by atoms with E-state index in [-0.39, 0.29) is 24.1 Å². The van der Waals surface area contributed by atoms with Crippen molar-refractivity contribution in [1.29, 1.82) is 0 Å². The zero-order valence-electron chi connectivity index (χ0n) is 24.5. The van der Waals surface area contributed by atoms with E-state index in [1.807, 2.05) is 56.0 Å². The molecular weight excluding hydrogens is 518 g/mol. The summed E-state index contributed by atoms with van der Waals surface area (Å²) in [6, 6.07) is 18.9. The third-order valence-electron chi connectivity index (χ3n) is 6.85. The quantitative estimate of drug-likeness (QED) is 0.218. The van der Waals surface area contributed by atoms with Crippen LogP contribution < -0.4 is 15.4 Å². The number of aliphatic hydroxyl groups excluding tert-OH is 1. The van der Waals surface area contributed by atoms with Gasteiger partial charge in [-0.3, -0.25) is 9.59 Å². The van der Waals surface area contributed by atoms with Crippen LogP contribution in [0.15, 0.2) is 66.7 Å². The number of phenols is 1. The van der Waals surface area contributed by atoms with Crippen LogP contribution in [0.4, 0.5) is 0 Å². The first-order chi connectivity index (χ1) is 19.7. The molecule has 2 atom stereocenters. The summed E-state index contributed by atoms with van der Waals surface area (Å²) >= 11 is 0. The van der Waals surface area contributed by atoms with Gasteiger partial charge in [0.15, 0.2) is 0 Å². The first kappa shape index (κ1) is 31.6. The van der Waals surface area contributed by atoms with Gasteiger partial charge in [0.05, 0.1) is 19.3 Å². The van der Waals surface area contributed by atoms with Crippen LogP contribution >= 0.6 is 0 Å². The van der Waals surface area contributed by atoms with Crippen LogP contribution in [0.1, 0.15) is 64.1 Å². The summed E-state index contributed by atoms with van der Waals surface area (Å²) in [5.41, 5.74) is 3.52. The van der Waals surface area contributed by atoms with E-state index >= 15 is 0 Å². The summed E-state index contributed by atoms with van der Waals surface area (Å²) in [6.07, 6.45) is 1.15. The van der Waals surface area contributed by atoms with Crippen molar-refractivity contribution < 1.29 is 24.5 Å². The molecule has 0 aliphatic rings. The molecule has 41 heavy (non-hydrogen) atoms. The molecule has 4 N–H and O–H groups in total. The lowest BCUT2D eigenvalue weighted by molar-refractivity contribution is 0.0755. The molecule has 3 aromatic carbocycles. The van der Waals surface area contributed by atoms with Crippen molar-refractivity contribution in [1.82, 2.24) is 15.5 Å². The van der Waals surface area contributed by atoms with Crippen LogP contribution in [0, 0.1) is 6.92 Å². The average molecular weight is 562 g/mol. The molecule has 0 bridgehead atoms. The lowest BCUT2D eigenvalue weighted by Gasteiger charge is -2.25. The number of aliphatic hydroxyl groups is 1. The van der Waals surface area contributed by atoms with Crippen LogP contribution in [0.2, 0.25) is 0 Å². The van der Waals surface area contributed by atoms with Crippen LogP contribution in [-0.4, -0.2) is 65.8 Å². The fourth-order valence-corrected chi connectivity index (χ4v) is 4.78. The summed E-state index contributed by atoms with van der Waals surface area (Å²) < 4.78 is 5.28. The second-order valence-corrected chi connectivity index (χ2v) is 10.4. The number of aryl methyl sites for hydroxylation is 1.